The second kappa shape index (κ2) is 5.67. The summed E-state index contributed by atoms with van der Waals surface area (Å²) in [6.45, 7) is 0. The summed E-state index contributed by atoms with van der Waals surface area (Å²) in [6.07, 6.45) is 1.53. The summed E-state index contributed by atoms with van der Waals surface area (Å²) in [5.74, 6) is -0.361. The number of hydrogen-bond donors (Lipinski definition) is 2. The lowest BCUT2D eigenvalue weighted by atomic mass is 10.2. The normalized spacial score (nSPS) is 10.8. The third kappa shape index (κ3) is 3.42. The third-order valence-electron chi connectivity index (χ3n) is 2.47. The number of rotatable bonds is 3. The molecule has 0 aliphatic heterocycles. The van der Waals surface area contributed by atoms with Gasteiger partial charge in [0, 0.05) is 21.8 Å². The van der Waals surface area contributed by atoms with E-state index in [0.29, 0.717) is 16.8 Å². The van der Waals surface area contributed by atoms with Gasteiger partial charge in [0.25, 0.3) is 0 Å². The van der Waals surface area contributed by atoms with E-state index < -0.39 is 5.91 Å². The second-order valence-corrected chi connectivity index (χ2v) is 4.79. The Morgan fingerprint density at radius 3 is 2.79 bits per heavy atom. The predicted octanol–water partition coefficient (Wildman–Crippen LogP) is 3.00. The molecule has 19 heavy (non-hydrogen) atoms. The molecule has 0 unspecified atom stereocenters. The van der Waals surface area contributed by atoms with Crippen molar-refractivity contribution in [1.29, 1.82) is 0 Å². The van der Waals surface area contributed by atoms with Crippen LogP contribution in [0.2, 0.25) is 0 Å². The van der Waals surface area contributed by atoms with Crippen molar-refractivity contribution in [3.63, 3.8) is 0 Å². The Kier molecular flexibility index (Phi) is 3.97. The Balaban J connectivity index is 2.30. The summed E-state index contributed by atoms with van der Waals surface area (Å²) in [6, 6.07) is 11.7. The minimum Gasteiger partial charge on any atom is -0.507 e. The minimum atomic E-state index is -0.498. The van der Waals surface area contributed by atoms with Gasteiger partial charge in [-0.15, -0.1) is 0 Å². The van der Waals surface area contributed by atoms with Crippen LogP contribution in [0.5, 0.6) is 5.75 Å². The van der Waals surface area contributed by atoms with Gasteiger partial charge in [0.05, 0.1) is 5.69 Å². The van der Waals surface area contributed by atoms with E-state index >= 15 is 0 Å². The molecule has 1 amide bonds. The number of phenols is 1. The lowest BCUT2D eigenvalue weighted by Crippen LogP contribution is -2.10. The fourth-order valence-electron chi connectivity index (χ4n) is 1.51. The number of carbonyl (C=O) groups excluding carboxylic acids is 1. The molecular weight excluding hydrogens is 308 g/mol. The van der Waals surface area contributed by atoms with Crippen LogP contribution in [0.25, 0.3) is 0 Å². The van der Waals surface area contributed by atoms with Gasteiger partial charge in [0.15, 0.2) is 0 Å². The molecule has 3 N–H and O–H groups in total. The van der Waals surface area contributed by atoms with Crippen LogP contribution in [0.4, 0.5) is 5.69 Å². The number of aliphatic imine (C=N–C) groups is 1. The van der Waals surface area contributed by atoms with Crippen molar-refractivity contribution in [2.24, 2.45) is 10.7 Å². The molecule has 0 aliphatic carbocycles. The first-order chi connectivity index (χ1) is 9.06. The minimum absolute atomic E-state index is 0.137. The molecule has 5 heteroatoms. The quantitative estimate of drug-likeness (QED) is 0.853. The molecule has 0 heterocycles. The van der Waals surface area contributed by atoms with E-state index in [9.17, 15) is 9.90 Å². The monoisotopic (exact) mass is 318 g/mol. The van der Waals surface area contributed by atoms with Crippen LogP contribution in [0.1, 0.15) is 15.9 Å². The first-order valence-electron chi connectivity index (χ1n) is 5.49. The molecule has 0 spiro atoms. The maximum absolute atomic E-state index is 11.1. The molecule has 96 valence electrons. The predicted molar refractivity (Wildman–Crippen MR) is 78.0 cm³/mol. The van der Waals surface area contributed by atoms with Gasteiger partial charge in [-0.3, -0.25) is 9.79 Å². The molecule has 0 aliphatic rings. The van der Waals surface area contributed by atoms with Crippen LogP contribution >= 0.6 is 15.9 Å². The number of hydrogen-bond acceptors (Lipinski definition) is 3. The van der Waals surface area contributed by atoms with Crippen molar-refractivity contribution < 1.29 is 9.90 Å². The van der Waals surface area contributed by atoms with E-state index in [2.05, 4.69) is 20.9 Å². The molecular formula is C14H11BrN2O2. The maximum Gasteiger partial charge on any atom is 0.248 e. The van der Waals surface area contributed by atoms with E-state index in [1.165, 1.54) is 6.21 Å². The Morgan fingerprint density at radius 2 is 2.05 bits per heavy atom. The van der Waals surface area contributed by atoms with Gasteiger partial charge < -0.3 is 10.8 Å². The Labute approximate surface area is 118 Å². The van der Waals surface area contributed by atoms with E-state index in [4.69, 9.17) is 5.73 Å². The molecule has 0 saturated carbocycles. The molecule has 2 aromatic rings. The van der Waals surface area contributed by atoms with Gasteiger partial charge in [-0.1, -0.05) is 22.0 Å². The van der Waals surface area contributed by atoms with Crippen molar-refractivity contribution in [3.8, 4) is 5.75 Å². The number of nitrogens with two attached hydrogens (primary N) is 1. The Morgan fingerprint density at radius 1 is 1.26 bits per heavy atom. The van der Waals surface area contributed by atoms with Crippen LogP contribution < -0.4 is 5.73 Å². The van der Waals surface area contributed by atoms with E-state index in [1.807, 2.05) is 0 Å². The van der Waals surface area contributed by atoms with E-state index in [1.54, 1.807) is 42.5 Å². The van der Waals surface area contributed by atoms with Crippen LogP contribution in [-0.4, -0.2) is 17.2 Å². The average molecular weight is 319 g/mol. The number of amides is 1. The van der Waals surface area contributed by atoms with Crippen molar-refractivity contribution >= 4 is 33.7 Å². The average Bonchev–Trinajstić information content (AvgIpc) is 2.40. The molecule has 4 nitrogen and oxygen atoms in total. The van der Waals surface area contributed by atoms with Gasteiger partial charge >= 0.3 is 0 Å². The van der Waals surface area contributed by atoms with Crippen LogP contribution in [0.15, 0.2) is 51.9 Å². The first kappa shape index (κ1) is 13.3. The highest BCUT2D eigenvalue weighted by Crippen LogP contribution is 2.21. The largest absolute Gasteiger partial charge is 0.507 e. The highest BCUT2D eigenvalue weighted by molar-refractivity contribution is 9.10. The number of benzene rings is 2. The Bertz CT molecular complexity index is 654. The zero-order valence-electron chi connectivity index (χ0n) is 9.88. The van der Waals surface area contributed by atoms with E-state index in [-0.39, 0.29) is 5.75 Å². The first-order valence-corrected chi connectivity index (χ1v) is 6.28. The zero-order chi connectivity index (χ0) is 13.8. The van der Waals surface area contributed by atoms with E-state index in [0.717, 1.165) is 4.47 Å². The highest BCUT2D eigenvalue weighted by Gasteiger charge is 2.01. The lowest BCUT2D eigenvalue weighted by molar-refractivity contribution is 0.100. The Hall–Kier alpha value is -2.14. The van der Waals surface area contributed by atoms with Gasteiger partial charge in [-0.2, -0.15) is 0 Å². The summed E-state index contributed by atoms with van der Waals surface area (Å²) in [7, 11) is 0. The summed E-state index contributed by atoms with van der Waals surface area (Å²) in [5, 5.41) is 9.67. The number of halogens is 1. The van der Waals surface area contributed by atoms with Crippen molar-refractivity contribution in [2.45, 2.75) is 0 Å². The number of primary amides is 1. The van der Waals surface area contributed by atoms with Gasteiger partial charge in [-0.25, -0.2) is 0 Å². The smallest absolute Gasteiger partial charge is 0.248 e. The molecule has 0 aromatic heterocycles. The number of phenolic OH excluding ortho intramolecular Hbond substituents is 1. The van der Waals surface area contributed by atoms with Crippen molar-refractivity contribution in [1.82, 2.24) is 0 Å². The summed E-state index contributed by atoms with van der Waals surface area (Å²) in [4.78, 5) is 15.3. The van der Waals surface area contributed by atoms with Gasteiger partial charge in [-0.05, 0) is 36.4 Å². The van der Waals surface area contributed by atoms with Gasteiger partial charge in [0.1, 0.15) is 5.75 Å². The second-order valence-electron chi connectivity index (χ2n) is 3.88. The standard InChI is InChI=1S/C14H11BrN2O2/c15-11-4-5-13(18)10(6-11)8-17-12-3-1-2-9(7-12)14(16)19/h1-8,18H,(H2,16,19). The molecule has 0 fully saturated rings. The molecule has 2 rings (SSSR count). The molecule has 0 saturated heterocycles. The fourth-order valence-corrected chi connectivity index (χ4v) is 1.89. The maximum atomic E-state index is 11.1. The zero-order valence-corrected chi connectivity index (χ0v) is 11.5. The van der Waals surface area contributed by atoms with Crippen molar-refractivity contribution in [2.75, 3.05) is 0 Å². The van der Waals surface area contributed by atoms with Crippen molar-refractivity contribution in [3.05, 3.63) is 58.1 Å². The van der Waals surface area contributed by atoms with Gasteiger partial charge in [0.2, 0.25) is 5.91 Å². The summed E-state index contributed by atoms with van der Waals surface area (Å²) < 4.78 is 0.845. The van der Waals surface area contributed by atoms with Crippen LogP contribution in [-0.2, 0) is 0 Å². The molecule has 0 radical (unpaired) electrons. The summed E-state index contributed by atoms with van der Waals surface area (Å²) in [5.41, 5.74) is 6.77. The third-order valence-corrected chi connectivity index (χ3v) is 2.97. The number of carbonyl (C=O) groups is 1. The summed E-state index contributed by atoms with van der Waals surface area (Å²) >= 11 is 3.32. The molecule has 0 atom stereocenters. The number of nitrogens with zero attached hydrogens (tertiary/aromatic N) is 1. The topological polar surface area (TPSA) is 75.7 Å². The molecule has 0 bridgehead atoms. The SMILES string of the molecule is NC(=O)c1cccc(N=Cc2cc(Br)ccc2O)c1. The fraction of sp³-hybridized carbons (Fsp3) is 0. The number of aromatic hydroxyl groups is 1. The lowest BCUT2D eigenvalue weighted by Gasteiger charge is -2.00. The highest BCUT2D eigenvalue weighted by atomic mass is 79.9. The van der Waals surface area contributed by atoms with Crippen LogP contribution in [0.3, 0.4) is 0 Å². The van der Waals surface area contributed by atoms with Crippen LogP contribution in [0, 0.1) is 0 Å². The molecule has 2 aromatic carbocycles.